The lowest BCUT2D eigenvalue weighted by atomic mass is 10.1. The molecule has 0 spiro atoms. The van der Waals surface area contributed by atoms with Crippen molar-refractivity contribution in [3.8, 4) is 11.3 Å². The molecule has 0 bridgehead atoms. The van der Waals surface area contributed by atoms with E-state index < -0.39 is 0 Å². The zero-order valence-corrected chi connectivity index (χ0v) is 14.2. The summed E-state index contributed by atoms with van der Waals surface area (Å²) in [5, 5.41) is 5.35. The molecule has 2 heterocycles. The van der Waals surface area contributed by atoms with E-state index in [1.165, 1.54) is 6.07 Å². The SMILES string of the molecule is Cc1cc(=O)[nH]c(N/N=C/c2c(-c3ccccc3)[nH]c3ccccc23)n1. The van der Waals surface area contributed by atoms with Crippen LogP contribution in [-0.2, 0) is 0 Å². The molecule has 0 aliphatic heterocycles. The van der Waals surface area contributed by atoms with Gasteiger partial charge in [0.25, 0.3) is 5.56 Å². The van der Waals surface area contributed by atoms with Crippen molar-refractivity contribution in [2.75, 3.05) is 5.43 Å². The molecular weight excluding hydrogens is 326 g/mol. The van der Waals surface area contributed by atoms with Crippen molar-refractivity contribution in [2.45, 2.75) is 6.92 Å². The summed E-state index contributed by atoms with van der Waals surface area (Å²) in [6.07, 6.45) is 1.74. The minimum atomic E-state index is -0.215. The number of rotatable bonds is 4. The van der Waals surface area contributed by atoms with E-state index in [9.17, 15) is 4.79 Å². The number of anilines is 1. The van der Waals surface area contributed by atoms with E-state index in [1.807, 2.05) is 42.5 Å². The fourth-order valence-electron chi connectivity index (χ4n) is 2.92. The molecule has 3 N–H and O–H groups in total. The highest BCUT2D eigenvalue weighted by molar-refractivity contribution is 6.05. The summed E-state index contributed by atoms with van der Waals surface area (Å²) in [6.45, 7) is 1.76. The van der Waals surface area contributed by atoms with Gasteiger partial charge in [0.15, 0.2) is 0 Å². The van der Waals surface area contributed by atoms with Crippen LogP contribution in [0.4, 0.5) is 5.95 Å². The molecule has 0 unspecified atom stereocenters. The summed E-state index contributed by atoms with van der Waals surface area (Å²) in [6, 6.07) is 19.6. The second-order valence-corrected chi connectivity index (χ2v) is 5.93. The summed E-state index contributed by atoms with van der Waals surface area (Å²) in [5.74, 6) is 0.312. The molecule has 0 fully saturated rings. The Hall–Kier alpha value is -3.67. The third-order valence-electron chi connectivity index (χ3n) is 4.04. The van der Waals surface area contributed by atoms with Gasteiger partial charge in [0.05, 0.1) is 11.9 Å². The van der Waals surface area contributed by atoms with Gasteiger partial charge in [0.1, 0.15) is 0 Å². The summed E-state index contributed by atoms with van der Waals surface area (Å²) >= 11 is 0. The van der Waals surface area contributed by atoms with Gasteiger partial charge in [-0.1, -0.05) is 48.5 Å². The molecule has 4 aromatic rings. The van der Waals surface area contributed by atoms with Gasteiger partial charge < -0.3 is 4.98 Å². The van der Waals surface area contributed by atoms with E-state index in [4.69, 9.17) is 0 Å². The predicted molar refractivity (Wildman–Crippen MR) is 105 cm³/mol. The molecule has 26 heavy (non-hydrogen) atoms. The Morgan fingerprint density at radius 3 is 2.62 bits per heavy atom. The van der Waals surface area contributed by atoms with Crippen molar-refractivity contribution in [1.29, 1.82) is 0 Å². The first-order chi connectivity index (χ1) is 12.7. The van der Waals surface area contributed by atoms with Crippen molar-refractivity contribution in [3.05, 3.63) is 82.3 Å². The molecule has 6 nitrogen and oxygen atoms in total. The molecule has 2 aromatic carbocycles. The first kappa shape index (κ1) is 15.8. The molecule has 0 aliphatic carbocycles. The fourth-order valence-corrected chi connectivity index (χ4v) is 2.92. The Morgan fingerprint density at radius 2 is 1.81 bits per heavy atom. The van der Waals surface area contributed by atoms with Crippen LogP contribution in [0, 0.1) is 6.92 Å². The minimum absolute atomic E-state index is 0.215. The third-order valence-corrected chi connectivity index (χ3v) is 4.04. The third kappa shape index (κ3) is 3.12. The van der Waals surface area contributed by atoms with Crippen LogP contribution in [-0.4, -0.2) is 21.2 Å². The van der Waals surface area contributed by atoms with Gasteiger partial charge in [-0.15, -0.1) is 0 Å². The molecule has 0 amide bonds. The topological polar surface area (TPSA) is 85.9 Å². The average Bonchev–Trinajstić information content (AvgIpc) is 3.01. The van der Waals surface area contributed by atoms with Crippen LogP contribution >= 0.6 is 0 Å². The van der Waals surface area contributed by atoms with E-state index in [-0.39, 0.29) is 5.56 Å². The Bertz CT molecular complexity index is 1140. The van der Waals surface area contributed by atoms with Crippen LogP contribution < -0.4 is 11.0 Å². The highest BCUT2D eigenvalue weighted by atomic mass is 16.1. The van der Waals surface area contributed by atoms with Gasteiger partial charge in [0, 0.05) is 28.2 Å². The van der Waals surface area contributed by atoms with Gasteiger partial charge in [-0.05, 0) is 18.6 Å². The lowest BCUT2D eigenvalue weighted by Gasteiger charge is -2.02. The van der Waals surface area contributed by atoms with Crippen LogP contribution in [0.1, 0.15) is 11.3 Å². The van der Waals surface area contributed by atoms with Gasteiger partial charge >= 0.3 is 0 Å². The lowest BCUT2D eigenvalue weighted by molar-refractivity contribution is 1.04. The molecule has 0 saturated carbocycles. The summed E-state index contributed by atoms with van der Waals surface area (Å²) < 4.78 is 0. The van der Waals surface area contributed by atoms with Gasteiger partial charge in [-0.2, -0.15) is 5.10 Å². The van der Waals surface area contributed by atoms with E-state index >= 15 is 0 Å². The largest absolute Gasteiger partial charge is 0.354 e. The number of hydrogen-bond donors (Lipinski definition) is 3. The van der Waals surface area contributed by atoms with Crippen LogP contribution in [0.2, 0.25) is 0 Å². The van der Waals surface area contributed by atoms with Crippen LogP contribution in [0.3, 0.4) is 0 Å². The monoisotopic (exact) mass is 343 g/mol. The second kappa shape index (κ2) is 6.68. The Morgan fingerprint density at radius 1 is 1.04 bits per heavy atom. The minimum Gasteiger partial charge on any atom is -0.354 e. The number of benzene rings is 2. The average molecular weight is 343 g/mol. The van der Waals surface area contributed by atoms with Crippen molar-refractivity contribution < 1.29 is 0 Å². The van der Waals surface area contributed by atoms with E-state index in [1.54, 1.807) is 13.1 Å². The Kier molecular flexibility index (Phi) is 4.07. The predicted octanol–water partition coefficient (Wildman–Crippen LogP) is 3.67. The summed E-state index contributed by atoms with van der Waals surface area (Å²) in [4.78, 5) is 21.8. The molecule has 6 heteroatoms. The summed E-state index contributed by atoms with van der Waals surface area (Å²) in [5.41, 5.74) is 7.28. The molecule has 0 atom stereocenters. The first-order valence-corrected chi connectivity index (χ1v) is 8.24. The number of fused-ring (bicyclic) bond motifs is 1. The number of hydrogen-bond acceptors (Lipinski definition) is 4. The molecule has 0 radical (unpaired) electrons. The standard InChI is InChI=1S/C20H17N5O/c1-13-11-18(26)24-20(22-13)25-21-12-16-15-9-5-6-10-17(15)23-19(16)14-7-3-2-4-8-14/h2-12,23H,1H3,(H2,22,24,25,26)/b21-12+. The highest BCUT2D eigenvalue weighted by Gasteiger charge is 2.11. The number of aryl methyl sites for hydroxylation is 1. The van der Waals surface area contributed by atoms with Crippen LogP contribution in [0.5, 0.6) is 0 Å². The number of aromatic nitrogens is 3. The smallest absolute Gasteiger partial charge is 0.252 e. The van der Waals surface area contributed by atoms with Crippen LogP contribution in [0.15, 0.2) is 70.6 Å². The Labute approximate surface area is 149 Å². The van der Waals surface area contributed by atoms with Crippen molar-refractivity contribution in [3.63, 3.8) is 0 Å². The number of H-pyrrole nitrogens is 2. The quantitative estimate of drug-likeness (QED) is 0.390. The maximum absolute atomic E-state index is 11.5. The number of para-hydroxylation sites is 1. The van der Waals surface area contributed by atoms with E-state index in [2.05, 4.69) is 37.6 Å². The highest BCUT2D eigenvalue weighted by Crippen LogP contribution is 2.28. The number of aromatic amines is 2. The van der Waals surface area contributed by atoms with Gasteiger partial charge in [-0.25, -0.2) is 10.4 Å². The zero-order chi connectivity index (χ0) is 17.9. The molecule has 0 saturated heterocycles. The second-order valence-electron chi connectivity index (χ2n) is 5.93. The maximum atomic E-state index is 11.5. The Balaban J connectivity index is 1.74. The van der Waals surface area contributed by atoms with Gasteiger partial charge in [-0.3, -0.25) is 9.78 Å². The van der Waals surface area contributed by atoms with Crippen molar-refractivity contribution in [2.24, 2.45) is 5.10 Å². The normalized spacial score (nSPS) is 11.3. The van der Waals surface area contributed by atoms with E-state index in [0.29, 0.717) is 11.6 Å². The fraction of sp³-hybridized carbons (Fsp3) is 0.0500. The van der Waals surface area contributed by atoms with Crippen LogP contribution in [0.25, 0.3) is 22.2 Å². The first-order valence-electron chi connectivity index (χ1n) is 8.24. The van der Waals surface area contributed by atoms with Gasteiger partial charge in [0.2, 0.25) is 5.95 Å². The molecule has 0 aliphatic rings. The summed E-state index contributed by atoms with van der Waals surface area (Å²) in [7, 11) is 0. The van der Waals surface area contributed by atoms with Crippen molar-refractivity contribution in [1.82, 2.24) is 15.0 Å². The number of nitrogens with zero attached hydrogens (tertiary/aromatic N) is 2. The molecule has 128 valence electrons. The number of nitrogens with one attached hydrogen (secondary N) is 3. The van der Waals surface area contributed by atoms with Crippen molar-refractivity contribution >= 4 is 23.1 Å². The number of hydrazone groups is 1. The molecule has 2 aromatic heterocycles. The molecule has 4 rings (SSSR count). The zero-order valence-electron chi connectivity index (χ0n) is 14.2. The molecular formula is C20H17N5O. The maximum Gasteiger partial charge on any atom is 0.252 e. The lowest BCUT2D eigenvalue weighted by Crippen LogP contribution is -2.10. The van der Waals surface area contributed by atoms with E-state index in [0.717, 1.165) is 27.7 Å².